The molecule has 2 atom stereocenters. The number of rotatable bonds is 10. The quantitative estimate of drug-likeness (QED) is 0.129. The average Bonchev–Trinajstić information content (AvgIpc) is 3.01. The highest BCUT2D eigenvalue weighted by atomic mass is 79.9. The summed E-state index contributed by atoms with van der Waals surface area (Å²) in [5.41, 5.74) is 0. The zero-order valence-corrected chi connectivity index (χ0v) is 34.9. The summed E-state index contributed by atoms with van der Waals surface area (Å²) in [5.74, 6) is 2.41. The van der Waals surface area contributed by atoms with E-state index in [4.69, 9.17) is 39.0 Å². The predicted octanol–water partition coefficient (Wildman–Crippen LogP) is 14.3. The van der Waals surface area contributed by atoms with Crippen molar-refractivity contribution >= 4 is 115 Å². The van der Waals surface area contributed by atoms with E-state index in [2.05, 4.69) is 79.6 Å². The van der Waals surface area contributed by atoms with Crippen LogP contribution in [0.1, 0.15) is 0 Å². The minimum atomic E-state index is -3.74. The Morgan fingerprint density at radius 1 is 0.532 bits per heavy atom. The van der Waals surface area contributed by atoms with Crippen molar-refractivity contribution in [3.63, 3.8) is 0 Å². The third kappa shape index (κ3) is 9.33. The Bertz CT molecular complexity index is 1900. The lowest BCUT2D eigenvalue weighted by Crippen LogP contribution is -2.35. The zero-order valence-electron chi connectivity index (χ0n) is 23.5. The lowest BCUT2D eigenvalue weighted by molar-refractivity contribution is 0.0597. The summed E-state index contributed by atoms with van der Waals surface area (Å²) >= 11 is 24.9. The largest absolute Gasteiger partial charge is 0.445 e. The third-order valence-corrected chi connectivity index (χ3v) is 16.1. The Morgan fingerprint density at radius 2 is 0.915 bits per heavy atom. The molecule has 0 bridgehead atoms. The summed E-state index contributed by atoms with van der Waals surface area (Å²) in [4.78, 5) is 13.2. The van der Waals surface area contributed by atoms with Crippen LogP contribution in [0.15, 0.2) is 148 Å². The molecule has 0 fully saturated rings. The first-order valence-corrected chi connectivity index (χ1v) is 22.2. The molecule has 1 heterocycles. The van der Waals surface area contributed by atoms with Gasteiger partial charge in [0.1, 0.15) is 28.7 Å². The van der Waals surface area contributed by atoms with Crippen LogP contribution in [0.5, 0.6) is 28.7 Å². The van der Waals surface area contributed by atoms with Gasteiger partial charge in [0, 0.05) is 27.0 Å². The van der Waals surface area contributed by atoms with Crippen LogP contribution in [-0.2, 0) is 0 Å². The summed E-state index contributed by atoms with van der Waals surface area (Å²) in [6.45, 7) is 0. The van der Waals surface area contributed by atoms with E-state index in [1.54, 1.807) is 0 Å². The molecule has 8 nitrogen and oxygen atoms in total. The van der Waals surface area contributed by atoms with Crippen molar-refractivity contribution in [3.8, 4) is 28.7 Å². The summed E-state index contributed by atoms with van der Waals surface area (Å²) < 4.78 is 32.4. The van der Waals surface area contributed by atoms with Gasteiger partial charge in [0.15, 0.2) is 0 Å². The lowest BCUT2D eigenvalue weighted by atomic mass is 10.3. The Morgan fingerprint density at radius 3 is 1.38 bits per heavy atom. The lowest BCUT2D eigenvalue weighted by Gasteiger charge is -2.43. The molecule has 47 heavy (non-hydrogen) atoms. The smallest absolute Gasteiger partial charge is 0.440 e. The number of benzene rings is 5. The highest BCUT2D eigenvalue weighted by Crippen LogP contribution is 2.79. The second-order valence-corrected chi connectivity index (χ2v) is 20.1. The maximum atomic E-state index is 7.21. The summed E-state index contributed by atoms with van der Waals surface area (Å²) in [7, 11) is -7.88. The topological polar surface area (TPSA) is 65.0 Å². The van der Waals surface area contributed by atoms with Gasteiger partial charge >= 0.3 is 16.1 Å². The van der Waals surface area contributed by atoms with Crippen LogP contribution in [0.4, 0.5) is 0 Å². The van der Waals surface area contributed by atoms with Crippen LogP contribution in [0, 0.1) is 0 Å². The van der Waals surface area contributed by atoms with Crippen LogP contribution < -0.4 is 23.2 Å². The van der Waals surface area contributed by atoms with Crippen molar-refractivity contribution in [1.29, 1.82) is 0 Å². The molecule has 5 aromatic carbocycles. The predicted molar refractivity (Wildman–Crippen MR) is 207 cm³/mol. The molecule has 2 unspecified atom stereocenters. The number of halogens is 6. The van der Waals surface area contributed by atoms with Crippen molar-refractivity contribution < 1.29 is 23.2 Å². The van der Waals surface area contributed by atoms with Crippen LogP contribution in [0.2, 0.25) is 0 Å². The minimum absolute atomic E-state index is 0.461. The SMILES string of the molecule is ClP1N=P(Oc2cccc(Br)c2)(Oc2cccc(Br)c2)N(Oc2cccc(Br)c2)P(Oc2cccc(Br)c2)N1Oc1cccc(Br)c1. The van der Waals surface area contributed by atoms with E-state index in [1.165, 1.54) is 9.21 Å². The highest BCUT2D eigenvalue weighted by molar-refractivity contribution is 9.11. The fourth-order valence-electron chi connectivity index (χ4n) is 3.91. The summed E-state index contributed by atoms with van der Waals surface area (Å²) in [6.07, 6.45) is 0. The Kier molecular flexibility index (Phi) is 12.3. The molecule has 0 aromatic heterocycles. The highest BCUT2D eigenvalue weighted by Gasteiger charge is 2.56. The normalized spacial score (nSPS) is 17.7. The average molecular weight is 1030 g/mol. The second-order valence-electron chi connectivity index (χ2n) is 9.32. The number of hydrogen-bond acceptors (Lipinski definition) is 8. The molecular formula is C30H20Br5ClN3O5P3. The molecule has 0 aliphatic carbocycles. The van der Waals surface area contributed by atoms with Gasteiger partial charge in [-0.15, -0.1) is 0 Å². The first kappa shape index (κ1) is 35.6. The molecule has 0 spiro atoms. The van der Waals surface area contributed by atoms with Crippen LogP contribution in [-0.4, -0.2) is 9.21 Å². The van der Waals surface area contributed by atoms with Crippen molar-refractivity contribution in [2.24, 2.45) is 4.52 Å². The first-order chi connectivity index (χ1) is 22.7. The van der Waals surface area contributed by atoms with Crippen molar-refractivity contribution in [1.82, 2.24) is 9.21 Å². The molecule has 242 valence electrons. The fourth-order valence-corrected chi connectivity index (χ4v) is 14.0. The van der Waals surface area contributed by atoms with Gasteiger partial charge in [0.2, 0.25) is 7.58 Å². The van der Waals surface area contributed by atoms with E-state index in [1.807, 2.05) is 121 Å². The van der Waals surface area contributed by atoms with Crippen LogP contribution in [0.25, 0.3) is 0 Å². The first-order valence-electron chi connectivity index (χ1n) is 13.4. The van der Waals surface area contributed by atoms with Crippen LogP contribution >= 0.6 is 115 Å². The molecular weight excluding hydrogens is 1010 g/mol. The van der Waals surface area contributed by atoms with E-state index >= 15 is 0 Å². The minimum Gasteiger partial charge on any atom is -0.440 e. The molecule has 0 radical (unpaired) electrons. The summed E-state index contributed by atoms with van der Waals surface area (Å²) in [6, 6.07) is 36.9. The van der Waals surface area contributed by atoms with E-state index in [0.717, 1.165) is 22.4 Å². The van der Waals surface area contributed by atoms with Gasteiger partial charge in [0.25, 0.3) is 0 Å². The zero-order chi connectivity index (χ0) is 33.0. The standard InChI is InChI=1S/C30H20Br5ClN3O5P3/c31-21-6-1-11-26(16-21)40-38-45(36)37-47(43-29-14-4-9-24(34)19-29,44-30-15-5-10-25(35)20-30)39(41-27-12-2-7-22(32)17-27)46(38)42-28-13-3-8-23(33)18-28/h1-20H. The Hall–Kier alpha value is -1.20. The second kappa shape index (κ2) is 16.2. The van der Waals surface area contributed by atoms with Gasteiger partial charge in [-0.05, 0) is 107 Å². The van der Waals surface area contributed by atoms with Crippen molar-refractivity contribution in [2.75, 3.05) is 0 Å². The molecule has 17 heteroatoms. The molecule has 0 saturated carbocycles. The van der Waals surface area contributed by atoms with Crippen molar-refractivity contribution in [2.45, 2.75) is 0 Å². The molecule has 0 N–H and O–H groups in total. The van der Waals surface area contributed by atoms with E-state index in [0.29, 0.717) is 28.7 Å². The molecule has 0 amide bonds. The fraction of sp³-hybridized carbons (Fsp3) is 0. The van der Waals surface area contributed by atoms with E-state index in [9.17, 15) is 0 Å². The van der Waals surface area contributed by atoms with Gasteiger partial charge in [0.05, 0.1) is 0 Å². The van der Waals surface area contributed by atoms with Gasteiger partial charge in [-0.2, -0.15) is 4.52 Å². The molecule has 1 aliphatic heterocycles. The maximum Gasteiger partial charge on any atom is 0.445 e. The van der Waals surface area contributed by atoms with Crippen LogP contribution in [0.3, 0.4) is 0 Å². The number of nitrogens with zero attached hydrogens (tertiary/aromatic N) is 3. The molecule has 0 saturated heterocycles. The number of hydrogen-bond donors (Lipinski definition) is 0. The summed E-state index contributed by atoms with van der Waals surface area (Å²) in [5, 5.41) is 0. The van der Waals surface area contributed by atoms with Gasteiger partial charge < -0.3 is 23.2 Å². The molecule has 6 rings (SSSR count). The van der Waals surface area contributed by atoms with Crippen molar-refractivity contribution in [3.05, 3.63) is 144 Å². The Labute approximate surface area is 321 Å². The maximum absolute atomic E-state index is 7.21. The van der Waals surface area contributed by atoms with Gasteiger partial charge in [-0.3, -0.25) is 0 Å². The van der Waals surface area contributed by atoms with Gasteiger partial charge in [-0.25, -0.2) is 0 Å². The monoisotopic (exact) mass is 1020 g/mol. The van der Waals surface area contributed by atoms with Gasteiger partial charge in [-0.1, -0.05) is 110 Å². The van der Waals surface area contributed by atoms with E-state index < -0.39 is 23.7 Å². The molecule has 1 aliphatic rings. The third-order valence-electron chi connectivity index (χ3n) is 5.83. The molecule has 5 aromatic rings. The Balaban J connectivity index is 1.57. The van der Waals surface area contributed by atoms with E-state index in [-0.39, 0.29) is 0 Å².